The Morgan fingerprint density at radius 3 is 2.33 bits per heavy atom. The van der Waals surface area contributed by atoms with Crippen molar-refractivity contribution in [1.82, 2.24) is 4.98 Å². The Morgan fingerprint density at radius 2 is 1.94 bits per heavy atom. The van der Waals surface area contributed by atoms with Gasteiger partial charge in [-0.25, -0.2) is 4.98 Å². The van der Waals surface area contributed by atoms with Crippen molar-refractivity contribution in [1.29, 1.82) is 0 Å². The Bertz CT molecular complexity index is 405. The van der Waals surface area contributed by atoms with Crippen LogP contribution in [-0.2, 0) is 5.88 Å². The van der Waals surface area contributed by atoms with Crippen LogP contribution in [0.3, 0.4) is 0 Å². The first-order valence-electron chi connectivity index (χ1n) is 5.60. The van der Waals surface area contributed by atoms with Crippen molar-refractivity contribution < 1.29 is 13.2 Å². The number of aromatic nitrogens is 1. The quantitative estimate of drug-likeness (QED) is 0.778. The minimum Gasteiger partial charge on any atom is -0.345 e. The third-order valence-corrected chi connectivity index (χ3v) is 2.88. The van der Waals surface area contributed by atoms with Crippen LogP contribution >= 0.6 is 11.6 Å². The van der Waals surface area contributed by atoms with Gasteiger partial charge < -0.3 is 4.90 Å². The van der Waals surface area contributed by atoms with E-state index in [0.29, 0.717) is 17.4 Å². The normalized spacial score (nSPS) is 12.0. The summed E-state index contributed by atoms with van der Waals surface area (Å²) in [5.74, 6) is 0.633. The molecule has 0 aromatic carbocycles. The molecule has 0 radical (unpaired) electrons. The zero-order valence-corrected chi connectivity index (χ0v) is 11.3. The van der Waals surface area contributed by atoms with Crippen molar-refractivity contribution in [2.75, 3.05) is 11.4 Å². The van der Waals surface area contributed by atoms with E-state index < -0.39 is 12.7 Å². The molecule has 102 valence electrons. The lowest BCUT2D eigenvalue weighted by molar-refractivity contribution is -0.120. The second-order valence-electron chi connectivity index (χ2n) is 4.38. The maximum atomic E-state index is 12.5. The summed E-state index contributed by atoms with van der Waals surface area (Å²) in [5, 5.41) is 0. The van der Waals surface area contributed by atoms with Gasteiger partial charge in [0.05, 0.1) is 0 Å². The van der Waals surface area contributed by atoms with Crippen molar-refractivity contribution >= 4 is 17.4 Å². The lowest BCUT2D eigenvalue weighted by atomic mass is 10.2. The van der Waals surface area contributed by atoms with Gasteiger partial charge in [0, 0.05) is 17.6 Å². The summed E-state index contributed by atoms with van der Waals surface area (Å²) in [5.41, 5.74) is 1.49. The second kappa shape index (κ2) is 5.78. The summed E-state index contributed by atoms with van der Waals surface area (Å²) in [7, 11) is 0. The number of aryl methyl sites for hydroxylation is 1. The Kier molecular flexibility index (Phi) is 4.85. The molecule has 0 fully saturated rings. The average Bonchev–Trinajstić information content (AvgIpc) is 2.24. The number of alkyl halides is 4. The van der Waals surface area contributed by atoms with E-state index in [1.54, 1.807) is 32.9 Å². The van der Waals surface area contributed by atoms with Crippen LogP contribution in [0.15, 0.2) is 12.1 Å². The van der Waals surface area contributed by atoms with E-state index in [1.165, 1.54) is 4.90 Å². The molecule has 0 saturated carbocycles. The summed E-state index contributed by atoms with van der Waals surface area (Å²) >= 11 is 5.70. The third kappa shape index (κ3) is 4.05. The Balaban J connectivity index is 3.03. The van der Waals surface area contributed by atoms with Gasteiger partial charge in [0.2, 0.25) is 0 Å². The van der Waals surface area contributed by atoms with Crippen LogP contribution in [0.5, 0.6) is 0 Å². The highest BCUT2D eigenvalue weighted by molar-refractivity contribution is 6.17. The van der Waals surface area contributed by atoms with Gasteiger partial charge in [-0.3, -0.25) is 0 Å². The van der Waals surface area contributed by atoms with Gasteiger partial charge >= 0.3 is 6.18 Å². The maximum absolute atomic E-state index is 12.5. The highest BCUT2D eigenvalue weighted by Crippen LogP contribution is 2.24. The summed E-state index contributed by atoms with van der Waals surface area (Å²) in [6, 6.07) is 3.02. The highest BCUT2D eigenvalue weighted by atomic mass is 35.5. The minimum atomic E-state index is -4.25. The zero-order chi connectivity index (χ0) is 13.9. The van der Waals surface area contributed by atoms with E-state index in [-0.39, 0.29) is 6.04 Å². The molecule has 1 rings (SSSR count). The molecule has 18 heavy (non-hydrogen) atoms. The zero-order valence-electron chi connectivity index (χ0n) is 10.6. The Morgan fingerprint density at radius 1 is 1.33 bits per heavy atom. The first-order chi connectivity index (χ1) is 8.24. The minimum absolute atomic E-state index is 0.277. The summed E-state index contributed by atoms with van der Waals surface area (Å²) < 4.78 is 37.5. The smallest absolute Gasteiger partial charge is 0.345 e. The summed E-state index contributed by atoms with van der Waals surface area (Å²) in [6.45, 7) is 4.15. The van der Waals surface area contributed by atoms with Gasteiger partial charge in [0.1, 0.15) is 12.4 Å². The topological polar surface area (TPSA) is 16.1 Å². The van der Waals surface area contributed by atoms with Gasteiger partial charge in [-0.1, -0.05) is 6.07 Å². The van der Waals surface area contributed by atoms with E-state index in [1.807, 2.05) is 0 Å². The predicted molar refractivity (Wildman–Crippen MR) is 67.1 cm³/mol. The van der Waals surface area contributed by atoms with Crippen molar-refractivity contribution in [3.8, 4) is 0 Å². The Labute approximate surface area is 110 Å². The number of hydrogen-bond donors (Lipinski definition) is 0. The molecule has 2 nitrogen and oxygen atoms in total. The largest absolute Gasteiger partial charge is 0.405 e. The van der Waals surface area contributed by atoms with Gasteiger partial charge in [-0.15, -0.1) is 11.6 Å². The van der Waals surface area contributed by atoms with Crippen LogP contribution in [0.25, 0.3) is 0 Å². The number of halogens is 4. The van der Waals surface area contributed by atoms with Gasteiger partial charge in [0.15, 0.2) is 0 Å². The molecule has 0 aliphatic carbocycles. The van der Waals surface area contributed by atoms with Gasteiger partial charge in [-0.2, -0.15) is 13.2 Å². The fraction of sp³-hybridized carbons (Fsp3) is 0.583. The first kappa shape index (κ1) is 15.1. The molecule has 0 aliphatic rings. The molecule has 0 spiro atoms. The lowest BCUT2D eigenvalue weighted by Gasteiger charge is -2.29. The van der Waals surface area contributed by atoms with Crippen molar-refractivity contribution in [3.05, 3.63) is 23.4 Å². The molecule has 1 heterocycles. The Hall–Kier alpha value is -0.970. The standard InChI is InChI=1S/C12H16ClF3N2/c1-8(2)18(7-12(14,15)16)11-5-4-10(6-13)9(3)17-11/h4-5,8H,6-7H2,1-3H3. The molecule has 0 unspecified atom stereocenters. The summed E-state index contributed by atoms with van der Waals surface area (Å²) in [4.78, 5) is 5.42. The summed E-state index contributed by atoms with van der Waals surface area (Å²) in [6.07, 6.45) is -4.25. The van der Waals surface area contributed by atoms with E-state index in [2.05, 4.69) is 4.98 Å². The fourth-order valence-electron chi connectivity index (χ4n) is 1.60. The van der Waals surface area contributed by atoms with Crippen LogP contribution in [0.2, 0.25) is 0 Å². The molecular formula is C12H16ClF3N2. The molecule has 1 aromatic rings. The SMILES string of the molecule is Cc1nc(N(CC(F)(F)F)C(C)C)ccc1CCl. The van der Waals surface area contributed by atoms with Crippen LogP contribution in [0.1, 0.15) is 25.1 Å². The lowest BCUT2D eigenvalue weighted by Crippen LogP contribution is -2.39. The monoisotopic (exact) mass is 280 g/mol. The van der Waals surface area contributed by atoms with E-state index >= 15 is 0 Å². The molecule has 0 aliphatic heterocycles. The van der Waals surface area contributed by atoms with Crippen LogP contribution in [-0.4, -0.2) is 23.7 Å². The van der Waals surface area contributed by atoms with Crippen molar-refractivity contribution in [2.24, 2.45) is 0 Å². The third-order valence-electron chi connectivity index (χ3n) is 2.59. The van der Waals surface area contributed by atoms with Crippen LogP contribution < -0.4 is 4.90 Å². The van der Waals surface area contributed by atoms with E-state index in [9.17, 15) is 13.2 Å². The molecular weight excluding hydrogens is 265 g/mol. The van der Waals surface area contributed by atoms with Crippen molar-refractivity contribution in [2.45, 2.75) is 38.9 Å². The predicted octanol–water partition coefficient (Wildman–Crippen LogP) is 3.91. The molecule has 0 amide bonds. The average molecular weight is 281 g/mol. The number of hydrogen-bond acceptors (Lipinski definition) is 2. The number of pyridine rings is 1. The number of nitrogens with zero attached hydrogens (tertiary/aromatic N) is 2. The fourth-order valence-corrected chi connectivity index (χ4v) is 1.88. The first-order valence-corrected chi connectivity index (χ1v) is 6.14. The van der Waals surface area contributed by atoms with E-state index in [0.717, 1.165) is 5.56 Å². The van der Waals surface area contributed by atoms with Gasteiger partial charge in [-0.05, 0) is 32.4 Å². The number of anilines is 1. The van der Waals surface area contributed by atoms with Gasteiger partial charge in [0.25, 0.3) is 0 Å². The molecule has 6 heteroatoms. The second-order valence-corrected chi connectivity index (χ2v) is 4.65. The number of rotatable bonds is 4. The maximum Gasteiger partial charge on any atom is 0.405 e. The molecule has 0 saturated heterocycles. The highest BCUT2D eigenvalue weighted by Gasteiger charge is 2.32. The molecule has 1 aromatic heterocycles. The molecule has 0 atom stereocenters. The van der Waals surface area contributed by atoms with Crippen molar-refractivity contribution in [3.63, 3.8) is 0 Å². The molecule has 0 bridgehead atoms. The molecule has 0 N–H and O–H groups in total. The van der Waals surface area contributed by atoms with Crippen LogP contribution in [0.4, 0.5) is 19.0 Å². The van der Waals surface area contributed by atoms with Crippen LogP contribution in [0, 0.1) is 6.92 Å². The van der Waals surface area contributed by atoms with E-state index in [4.69, 9.17) is 11.6 Å².